The van der Waals surface area contributed by atoms with Crippen molar-refractivity contribution in [1.82, 2.24) is 0 Å². The Balaban J connectivity index is 2.57. The summed E-state index contributed by atoms with van der Waals surface area (Å²) in [6.07, 6.45) is 3.00. The third-order valence-corrected chi connectivity index (χ3v) is 2.77. The molecule has 0 aromatic rings. The third-order valence-electron chi connectivity index (χ3n) is 2.77. The van der Waals surface area contributed by atoms with Crippen LogP contribution in [0.1, 0.15) is 33.1 Å². The summed E-state index contributed by atoms with van der Waals surface area (Å²) in [5.74, 6) is 0.389. The molecule has 0 aliphatic heterocycles. The molecule has 3 unspecified atom stereocenters. The van der Waals surface area contributed by atoms with Crippen molar-refractivity contribution < 1.29 is 9.90 Å². The summed E-state index contributed by atoms with van der Waals surface area (Å²) >= 11 is 0. The lowest BCUT2D eigenvalue weighted by Gasteiger charge is -2.11. The van der Waals surface area contributed by atoms with Gasteiger partial charge in [0.25, 0.3) is 0 Å². The molecule has 0 radical (unpaired) electrons. The minimum atomic E-state index is -0.596. The average molecular weight is 156 g/mol. The zero-order valence-electron chi connectivity index (χ0n) is 7.21. The minimum Gasteiger partial charge on any atom is -0.481 e. The molecule has 2 nitrogen and oxygen atoms in total. The van der Waals surface area contributed by atoms with Crippen LogP contribution in [0.25, 0.3) is 0 Å². The molecule has 1 aliphatic carbocycles. The Bertz CT molecular complexity index is 154. The standard InChI is InChI=1S/C9H16O2/c1-3-7-4-6(2)5-8(7)9(10)11/h6-8H,3-5H2,1-2H3,(H,10,11). The molecule has 0 spiro atoms. The molecule has 2 heteroatoms. The van der Waals surface area contributed by atoms with Crippen LogP contribution in [0.2, 0.25) is 0 Å². The number of hydrogen-bond acceptors (Lipinski definition) is 1. The maximum atomic E-state index is 10.7. The molecule has 1 rings (SSSR count). The van der Waals surface area contributed by atoms with Gasteiger partial charge in [-0.05, 0) is 24.7 Å². The summed E-state index contributed by atoms with van der Waals surface area (Å²) < 4.78 is 0. The maximum absolute atomic E-state index is 10.7. The summed E-state index contributed by atoms with van der Waals surface area (Å²) in [5, 5.41) is 8.83. The van der Waals surface area contributed by atoms with Gasteiger partial charge in [0, 0.05) is 0 Å². The van der Waals surface area contributed by atoms with Crippen LogP contribution < -0.4 is 0 Å². The number of carboxylic acid groups (broad SMARTS) is 1. The summed E-state index contributed by atoms with van der Waals surface area (Å²) in [6, 6.07) is 0. The molecule has 0 heterocycles. The van der Waals surface area contributed by atoms with Gasteiger partial charge in [0.2, 0.25) is 0 Å². The predicted molar refractivity (Wildman–Crippen MR) is 43.3 cm³/mol. The third kappa shape index (κ3) is 1.73. The minimum absolute atomic E-state index is 0.0602. The first-order chi connectivity index (χ1) is 5.15. The number of aliphatic carboxylic acids is 1. The number of hydrogen-bond donors (Lipinski definition) is 1. The largest absolute Gasteiger partial charge is 0.481 e. The van der Waals surface area contributed by atoms with Gasteiger partial charge >= 0.3 is 5.97 Å². The highest BCUT2D eigenvalue weighted by molar-refractivity contribution is 5.70. The molecule has 0 bridgehead atoms. The SMILES string of the molecule is CCC1CC(C)CC1C(=O)O. The van der Waals surface area contributed by atoms with E-state index in [0.29, 0.717) is 11.8 Å². The van der Waals surface area contributed by atoms with Crippen molar-refractivity contribution in [3.63, 3.8) is 0 Å². The average Bonchev–Trinajstić information content (AvgIpc) is 2.30. The van der Waals surface area contributed by atoms with Gasteiger partial charge in [-0.3, -0.25) is 4.79 Å². The fraction of sp³-hybridized carbons (Fsp3) is 0.889. The van der Waals surface area contributed by atoms with Crippen molar-refractivity contribution in [2.24, 2.45) is 17.8 Å². The van der Waals surface area contributed by atoms with Crippen molar-refractivity contribution in [2.75, 3.05) is 0 Å². The molecule has 11 heavy (non-hydrogen) atoms. The van der Waals surface area contributed by atoms with E-state index in [0.717, 1.165) is 19.3 Å². The highest BCUT2D eigenvalue weighted by Gasteiger charge is 2.35. The van der Waals surface area contributed by atoms with Crippen molar-refractivity contribution in [3.05, 3.63) is 0 Å². The predicted octanol–water partition coefficient (Wildman–Crippen LogP) is 2.14. The first kappa shape index (κ1) is 8.57. The summed E-state index contributed by atoms with van der Waals surface area (Å²) in [4.78, 5) is 10.7. The van der Waals surface area contributed by atoms with Crippen molar-refractivity contribution in [1.29, 1.82) is 0 Å². The van der Waals surface area contributed by atoms with Crippen LogP contribution in [0.3, 0.4) is 0 Å². The smallest absolute Gasteiger partial charge is 0.306 e. The molecule has 1 saturated carbocycles. The summed E-state index contributed by atoms with van der Waals surface area (Å²) in [5.41, 5.74) is 0. The van der Waals surface area contributed by atoms with Gasteiger partial charge in [0.05, 0.1) is 5.92 Å². The van der Waals surface area contributed by atoms with Gasteiger partial charge in [-0.1, -0.05) is 20.3 Å². The van der Waals surface area contributed by atoms with Crippen LogP contribution in [-0.4, -0.2) is 11.1 Å². The van der Waals surface area contributed by atoms with Gasteiger partial charge in [-0.15, -0.1) is 0 Å². The van der Waals surface area contributed by atoms with Crippen LogP contribution in [-0.2, 0) is 4.79 Å². The summed E-state index contributed by atoms with van der Waals surface area (Å²) in [6.45, 7) is 4.23. The van der Waals surface area contributed by atoms with Gasteiger partial charge in [-0.25, -0.2) is 0 Å². The van der Waals surface area contributed by atoms with E-state index in [9.17, 15) is 4.79 Å². The first-order valence-corrected chi connectivity index (χ1v) is 4.38. The molecular weight excluding hydrogens is 140 g/mol. The van der Waals surface area contributed by atoms with Crippen LogP contribution in [0.15, 0.2) is 0 Å². The molecule has 1 fully saturated rings. The lowest BCUT2D eigenvalue weighted by molar-refractivity contribution is -0.143. The molecule has 0 saturated heterocycles. The van der Waals surface area contributed by atoms with E-state index in [2.05, 4.69) is 13.8 Å². The van der Waals surface area contributed by atoms with Crippen molar-refractivity contribution in [2.45, 2.75) is 33.1 Å². The first-order valence-electron chi connectivity index (χ1n) is 4.38. The van der Waals surface area contributed by atoms with E-state index in [4.69, 9.17) is 5.11 Å². The Kier molecular flexibility index (Phi) is 2.53. The van der Waals surface area contributed by atoms with E-state index in [1.807, 2.05) is 0 Å². The van der Waals surface area contributed by atoms with Gasteiger partial charge in [0.15, 0.2) is 0 Å². The highest BCUT2D eigenvalue weighted by atomic mass is 16.4. The fourth-order valence-corrected chi connectivity index (χ4v) is 2.16. The van der Waals surface area contributed by atoms with Crippen LogP contribution in [0.4, 0.5) is 0 Å². The van der Waals surface area contributed by atoms with Crippen LogP contribution in [0.5, 0.6) is 0 Å². The molecule has 0 amide bonds. The number of carboxylic acids is 1. The van der Waals surface area contributed by atoms with Gasteiger partial charge in [-0.2, -0.15) is 0 Å². The molecular formula is C9H16O2. The molecule has 3 atom stereocenters. The van der Waals surface area contributed by atoms with E-state index in [1.54, 1.807) is 0 Å². The van der Waals surface area contributed by atoms with Crippen molar-refractivity contribution in [3.8, 4) is 0 Å². The normalized spacial score (nSPS) is 37.5. The topological polar surface area (TPSA) is 37.3 Å². The van der Waals surface area contributed by atoms with Gasteiger partial charge < -0.3 is 5.11 Å². The quantitative estimate of drug-likeness (QED) is 0.665. The maximum Gasteiger partial charge on any atom is 0.306 e. The lowest BCUT2D eigenvalue weighted by atomic mass is 9.94. The molecule has 0 aromatic carbocycles. The molecule has 1 aliphatic rings. The second kappa shape index (κ2) is 3.24. The van der Waals surface area contributed by atoms with Crippen LogP contribution >= 0.6 is 0 Å². The second-order valence-electron chi connectivity index (χ2n) is 3.69. The zero-order chi connectivity index (χ0) is 8.43. The second-order valence-corrected chi connectivity index (χ2v) is 3.69. The monoisotopic (exact) mass is 156 g/mol. The zero-order valence-corrected chi connectivity index (χ0v) is 7.21. The highest BCUT2D eigenvalue weighted by Crippen LogP contribution is 2.37. The lowest BCUT2D eigenvalue weighted by Crippen LogP contribution is -2.17. The Hall–Kier alpha value is -0.530. The van der Waals surface area contributed by atoms with Crippen LogP contribution in [0, 0.1) is 17.8 Å². The Labute approximate surface area is 67.6 Å². The van der Waals surface area contributed by atoms with E-state index < -0.39 is 5.97 Å². The Morgan fingerprint density at radius 2 is 2.18 bits per heavy atom. The Morgan fingerprint density at radius 3 is 2.55 bits per heavy atom. The number of rotatable bonds is 2. The van der Waals surface area contributed by atoms with Crippen molar-refractivity contribution >= 4 is 5.97 Å². The molecule has 0 aromatic heterocycles. The molecule has 64 valence electrons. The number of carbonyl (C=O) groups is 1. The fourth-order valence-electron chi connectivity index (χ4n) is 2.16. The van der Waals surface area contributed by atoms with E-state index >= 15 is 0 Å². The summed E-state index contributed by atoms with van der Waals surface area (Å²) in [7, 11) is 0. The van der Waals surface area contributed by atoms with E-state index in [1.165, 1.54) is 0 Å². The Morgan fingerprint density at radius 1 is 1.55 bits per heavy atom. The van der Waals surface area contributed by atoms with Gasteiger partial charge in [0.1, 0.15) is 0 Å². The van der Waals surface area contributed by atoms with E-state index in [-0.39, 0.29) is 5.92 Å². The molecule has 1 N–H and O–H groups in total.